The van der Waals surface area contributed by atoms with Crippen molar-refractivity contribution in [3.8, 4) is 6.07 Å². The summed E-state index contributed by atoms with van der Waals surface area (Å²) in [7, 11) is 0. The second kappa shape index (κ2) is 4.19. The average molecular weight is 282 g/mol. The van der Waals surface area contributed by atoms with Crippen LogP contribution >= 0.6 is 15.9 Å². The molecular formula is C9H4BrF4N. The van der Waals surface area contributed by atoms with Gasteiger partial charge >= 0.3 is 6.18 Å². The summed E-state index contributed by atoms with van der Waals surface area (Å²) in [5.74, 6) is -0.823. The van der Waals surface area contributed by atoms with E-state index in [-0.39, 0.29) is 5.56 Å². The van der Waals surface area contributed by atoms with Crippen LogP contribution in [0.25, 0.3) is 0 Å². The number of halogens is 5. The van der Waals surface area contributed by atoms with Gasteiger partial charge in [-0.05, 0) is 28.1 Å². The summed E-state index contributed by atoms with van der Waals surface area (Å²) >= 11 is 2.66. The van der Waals surface area contributed by atoms with Gasteiger partial charge in [-0.15, -0.1) is 0 Å². The van der Waals surface area contributed by atoms with Crippen molar-refractivity contribution in [2.45, 2.75) is 12.6 Å². The summed E-state index contributed by atoms with van der Waals surface area (Å²) in [5.41, 5.74) is -1.25. The van der Waals surface area contributed by atoms with Crippen molar-refractivity contribution < 1.29 is 17.6 Å². The van der Waals surface area contributed by atoms with Crippen LogP contribution in [-0.4, -0.2) is 0 Å². The predicted octanol–water partition coefficient (Wildman–Crippen LogP) is 3.67. The van der Waals surface area contributed by atoms with E-state index in [1.165, 1.54) is 0 Å². The number of alkyl halides is 3. The largest absolute Gasteiger partial charge is 0.417 e. The highest BCUT2D eigenvalue weighted by Gasteiger charge is 2.34. The molecule has 0 N–H and O–H groups in total. The van der Waals surface area contributed by atoms with Crippen LogP contribution in [0.15, 0.2) is 16.6 Å². The highest BCUT2D eigenvalue weighted by Crippen LogP contribution is 2.37. The standard InChI is InChI=1S/C9H4BrF4N/c10-8-5(3-4-15)7(11)2-1-6(8)9(12,13)14/h1-2H,3H2. The minimum absolute atomic E-state index is 0.271. The molecule has 6 heteroatoms. The van der Waals surface area contributed by atoms with Gasteiger partial charge in [0.15, 0.2) is 0 Å². The van der Waals surface area contributed by atoms with Gasteiger partial charge in [-0.2, -0.15) is 18.4 Å². The maximum Gasteiger partial charge on any atom is 0.417 e. The zero-order valence-corrected chi connectivity index (χ0v) is 8.78. The molecule has 0 fully saturated rings. The molecule has 0 amide bonds. The number of rotatable bonds is 1. The van der Waals surface area contributed by atoms with Gasteiger partial charge in [-0.25, -0.2) is 4.39 Å². The second-order valence-electron chi connectivity index (χ2n) is 2.72. The van der Waals surface area contributed by atoms with Crippen LogP contribution < -0.4 is 0 Å². The fourth-order valence-corrected chi connectivity index (χ4v) is 1.74. The lowest BCUT2D eigenvalue weighted by atomic mass is 10.1. The van der Waals surface area contributed by atoms with Crippen molar-refractivity contribution in [1.29, 1.82) is 5.26 Å². The van der Waals surface area contributed by atoms with Crippen LogP contribution in [0.2, 0.25) is 0 Å². The van der Waals surface area contributed by atoms with Gasteiger partial charge < -0.3 is 0 Å². The van der Waals surface area contributed by atoms with Crippen LogP contribution in [0, 0.1) is 17.1 Å². The van der Waals surface area contributed by atoms with E-state index in [1.54, 1.807) is 6.07 Å². The third kappa shape index (κ3) is 2.48. The first-order valence-electron chi connectivity index (χ1n) is 3.79. The quantitative estimate of drug-likeness (QED) is 0.721. The zero-order valence-electron chi connectivity index (χ0n) is 7.20. The lowest BCUT2D eigenvalue weighted by Gasteiger charge is -2.11. The van der Waals surface area contributed by atoms with Crippen molar-refractivity contribution in [1.82, 2.24) is 0 Å². The molecule has 0 aromatic heterocycles. The summed E-state index contributed by atoms with van der Waals surface area (Å²) < 4.78 is 49.7. The molecule has 0 saturated carbocycles. The molecule has 0 unspecified atom stereocenters. The second-order valence-corrected chi connectivity index (χ2v) is 3.51. The number of hydrogen-bond donors (Lipinski definition) is 0. The summed E-state index contributed by atoms with van der Waals surface area (Å²) in [4.78, 5) is 0. The zero-order chi connectivity index (χ0) is 11.6. The van der Waals surface area contributed by atoms with Gasteiger partial charge in [0.1, 0.15) is 5.82 Å². The van der Waals surface area contributed by atoms with E-state index < -0.39 is 28.5 Å². The maximum absolute atomic E-state index is 13.1. The number of hydrogen-bond acceptors (Lipinski definition) is 1. The van der Waals surface area contributed by atoms with E-state index in [0.717, 1.165) is 0 Å². The molecule has 0 aliphatic carbocycles. The number of benzene rings is 1. The molecule has 0 atom stereocenters. The SMILES string of the molecule is N#CCc1c(F)ccc(C(F)(F)F)c1Br. The molecule has 0 spiro atoms. The molecule has 0 aliphatic rings. The number of nitrogens with zero attached hydrogens (tertiary/aromatic N) is 1. The Hall–Kier alpha value is -1.09. The molecule has 1 aromatic rings. The normalized spacial score (nSPS) is 11.2. The Morgan fingerprint density at radius 1 is 1.33 bits per heavy atom. The monoisotopic (exact) mass is 281 g/mol. The summed E-state index contributed by atoms with van der Waals surface area (Å²) in [6.07, 6.45) is -4.97. The molecule has 0 bridgehead atoms. The van der Waals surface area contributed by atoms with Crippen molar-refractivity contribution >= 4 is 15.9 Å². The Morgan fingerprint density at radius 3 is 2.40 bits per heavy atom. The fraction of sp³-hybridized carbons (Fsp3) is 0.222. The molecule has 1 rings (SSSR count). The van der Waals surface area contributed by atoms with E-state index >= 15 is 0 Å². The van der Waals surface area contributed by atoms with Crippen LogP contribution in [0.3, 0.4) is 0 Å². The topological polar surface area (TPSA) is 23.8 Å². The van der Waals surface area contributed by atoms with Crippen LogP contribution in [0.1, 0.15) is 11.1 Å². The smallest absolute Gasteiger partial charge is 0.207 e. The number of nitriles is 1. The molecule has 0 heterocycles. The lowest BCUT2D eigenvalue weighted by molar-refractivity contribution is -0.138. The molecule has 0 saturated heterocycles. The van der Waals surface area contributed by atoms with Gasteiger partial charge in [0.2, 0.25) is 0 Å². The van der Waals surface area contributed by atoms with Crippen LogP contribution in [0.5, 0.6) is 0 Å². The molecular weight excluding hydrogens is 278 g/mol. The Bertz CT molecular complexity index is 419. The highest BCUT2D eigenvalue weighted by molar-refractivity contribution is 9.10. The van der Waals surface area contributed by atoms with E-state index in [1.807, 2.05) is 0 Å². The first-order chi connectivity index (χ1) is 6.88. The van der Waals surface area contributed by atoms with E-state index in [9.17, 15) is 17.6 Å². The van der Waals surface area contributed by atoms with Crippen molar-refractivity contribution in [3.63, 3.8) is 0 Å². The fourth-order valence-electron chi connectivity index (χ4n) is 1.06. The molecule has 1 aromatic carbocycles. The Morgan fingerprint density at radius 2 is 1.93 bits per heavy atom. The summed E-state index contributed by atoms with van der Waals surface area (Å²) in [5, 5.41) is 8.34. The van der Waals surface area contributed by atoms with Crippen molar-refractivity contribution in [2.24, 2.45) is 0 Å². The van der Waals surface area contributed by atoms with E-state index in [0.29, 0.717) is 12.1 Å². The molecule has 15 heavy (non-hydrogen) atoms. The molecule has 1 nitrogen and oxygen atoms in total. The first-order valence-corrected chi connectivity index (χ1v) is 4.58. The first kappa shape index (κ1) is 12.0. The van der Waals surface area contributed by atoms with Crippen molar-refractivity contribution in [3.05, 3.63) is 33.5 Å². The Kier molecular flexibility index (Phi) is 3.35. The predicted molar refractivity (Wildman–Crippen MR) is 48.4 cm³/mol. The minimum atomic E-state index is -4.56. The lowest BCUT2D eigenvalue weighted by Crippen LogP contribution is -2.08. The van der Waals surface area contributed by atoms with Crippen LogP contribution in [-0.2, 0) is 12.6 Å². The third-order valence-corrected chi connectivity index (χ3v) is 2.65. The average Bonchev–Trinajstić information content (AvgIpc) is 2.09. The van der Waals surface area contributed by atoms with E-state index in [4.69, 9.17) is 5.26 Å². The highest BCUT2D eigenvalue weighted by atomic mass is 79.9. The van der Waals surface area contributed by atoms with Gasteiger partial charge in [-0.1, -0.05) is 0 Å². The molecule has 0 radical (unpaired) electrons. The van der Waals surface area contributed by atoms with Gasteiger partial charge in [0, 0.05) is 10.0 Å². The van der Waals surface area contributed by atoms with Gasteiger partial charge in [-0.3, -0.25) is 0 Å². The van der Waals surface area contributed by atoms with Crippen molar-refractivity contribution in [2.75, 3.05) is 0 Å². The maximum atomic E-state index is 13.1. The Labute approximate surface area is 91.4 Å². The van der Waals surface area contributed by atoms with Crippen LogP contribution in [0.4, 0.5) is 17.6 Å². The molecule has 80 valence electrons. The van der Waals surface area contributed by atoms with Gasteiger partial charge in [0.25, 0.3) is 0 Å². The Balaban J connectivity index is 3.36. The third-order valence-electron chi connectivity index (χ3n) is 1.75. The van der Waals surface area contributed by atoms with Gasteiger partial charge in [0.05, 0.1) is 18.1 Å². The summed E-state index contributed by atoms with van der Waals surface area (Å²) in [6, 6.07) is 2.95. The van der Waals surface area contributed by atoms with E-state index in [2.05, 4.69) is 15.9 Å². The minimum Gasteiger partial charge on any atom is -0.207 e. The summed E-state index contributed by atoms with van der Waals surface area (Å²) in [6.45, 7) is 0. The molecule has 0 aliphatic heterocycles.